The Morgan fingerprint density at radius 3 is 3.17 bits per heavy atom. The van der Waals surface area contributed by atoms with E-state index in [2.05, 4.69) is 22.2 Å². The third kappa shape index (κ3) is 3.16. The molecule has 0 saturated carbocycles. The lowest BCUT2D eigenvalue weighted by Crippen LogP contribution is -2.52. The summed E-state index contributed by atoms with van der Waals surface area (Å²) in [6.07, 6.45) is 4.57. The highest BCUT2D eigenvalue weighted by atomic mass is 32.2. The van der Waals surface area contributed by atoms with E-state index in [-0.39, 0.29) is 0 Å². The normalized spacial score (nSPS) is 22.9. The molecular formula is C13H22N4S. The summed E-state index contributed by atoms with van der Waals surface area (Å²) in [5.74, 6) is 2.42. The Morgan fingerprint density at radius 2 is 2.50 bits per heavy atom. The number of thioether (sulfide) groups is 1. The van der Waals surface area contributed by atoms with E-state index in [1.807, 2.05) is 31.1 Å². The minimum atomic E-state index is 0.425. The summed E-state index contributed by atoms with van der Waals surface area (Å²) in [5, 5.41) is 3.44. The molecule has 1 aromatic heterocycles. The summed E-state index contributed by atoms with van der Waals surface area (Å²) in [7, 11) is 4.24. The van der Waals surface area contributed by atoms with Crippen LogP contribution in [0.15, 0.2) is 18.5 Å². The maximum atomic E-state index is 6.00. The van der Waals surface area contributed by atoms with Crippen LogP contribution < -0.4 is 11.1 Å². The van der Waals surface area contributed by atoms with Crippen LogP contribution in [0.2, 0.25) is 0 Å². The largest absolute Gasteiger partial charge is 0.398 e. The number of hydrogen-bond acceptors (Lipinski definition) is 5. The molecular weight excluding hydrogens is 244 g/mol. The zero-order valence-electron chi connectivity index (χ0n) is 11.1. The van der Waals surface area contributed by atoms with Crippen LogP contribution >= 0.6 is 11.8 Å². The number of pyridine rings is 1. The molecule has 3 N–H and O–H groups in total. The van der Waals surface area contributed by atoms with Crippen molar-refractivity contribution in [2.24, 2.45) is 0 Å². The van der Waals surface area contributed by atoms with Gasteiger partial charge in [0.15, 0.2) is 0 Å². The molecule has 1 saturated heterocycles. The van der Waals surface area contributed by atoms with Crippen molar-refractivity contribution in [2.45, 2.75) is 18.5 Å². The van der Waals surface area contributed by atoms with Gasteiger partial charge < -0.3 is 16.0 Å². The van der Waals surface area contributed by atoms with Gasteiger partial charge in [-0.1, -0.05) is 0 Å². The lowest BCUT2D eigenvalue weighted by atomic mass is 9.99. The number of anilines is 1. The van der Waals surface area contributed by atoms with E-state index in [9.17, 15) is 0 Å². The Balaban J connectivity index is 2.07. The Hall–Kier alpha value is -0.780. The number of nitrogens with one attached hydrogen (secondary N) is 1. The van der Waals surface area contributed by atoms with Gasteiger partial charge in [-0.3, -0.25) is 4.98 Å². The van der Waals surface area contributed by atoms with E-state index >= 15 is 0 Å². The van der Waals surface area contributed by atoms with Crippen molar-refractivity contribution < 1.29 is 0 Å². The van der Waals surface area contributed by atoms with Gasteiger partial charge in [0.2, 0.25) is 0 Å². The molecule has 5 heteroatoms. The minimum absolute atomic E-state index is 0.425. The van der Waals surface area contributed by atoms with Gasteiger partial charge in [-0.25, -0.2) is 0 Å². The number of likely N-dealkylation sites (N-methyl/N-ethyl adjacent to an activating group) is 2. The van der Waals surface area contributed by atoms with Crippen molar-refractivity contribution in [2.75, 3.05) is 37.9 Å². The smallest absolute Gasteiger partial charge is 0.0378 e. The summed E-state index contributed by atoms with van der Waals surface area (Å²) in [6.45, 7) is 1.16. The lowest BCUT2D eigenvalue weighted by Gasteiger charge is -2.37. The molecule has 0 aromatic carbocycles. The first-order chi connectivity index (χ1) is 8.72. The van der Waals surface area contributed by atoms with Gasteiger partial charge >= 0.3 is 0 Å². The Bertz CT molecular complexity index is 385. The van der Waals surface area contributed by atoms with Crippen LogP contribution in [0, 0.1) is 0 Å². The van der Waals surface area contributed by atoms with E-state index in [4.69, 9.17) is 5.73 Å². The molecule has 0 radical (unpaired) electrons. The average molecular weight is 266 g/mol. The van der Waals surface area contributed by atoms with Crippen molar-refractivity contribution in [1.82, 2.24) is 15.2 Å². The first-order valence-electron chi connectivity index (χ1n) is 6.36. The molecule has 18 heavy (non-hydrogen) atoms. The first-order valence-corrected chi connectivity index (χ1v) is 7.51. The lowest BCUT2D eigenvalue weighted by molar-refractivity contribution is 0.219. The summed E-state index contributed by atoms with van der Waals surface area (Å²) < 4.78 is 0. The van der Waals surface area contributed by atoms with Crippen molar-refractivity contribution >= 4 is 17.4 Å². The van der Waals surface area contributed by atoms with E-state index in [1.54, 1.807) is 6.20 Å². The maximum absolute atomic E-state index is 6.00. The van der Waals surface area contributed by atoms with Crippen molar-refractivity contribution in [1.29, 1.82) is 0 Å². The van der Waals surface area contributed by atoms with Crippen molar-refractivity contribution in [3.63, 3.8) is 0 Å². The molecule has 0 bridgehead atoms. The predicted molar refractivity (Wildman–Crippen MR) is 78.9 cm³/mol. The molecule has 4 nitrogen and oxygen atoms in total. The number of nitrogens with zero attached hydrogens (tertiary/aromatic N) is 2. The van der Waals surface area contributed by atoms with E-state index in [0.717, 1.165) is 24.2 Å². The molecule has 0 amide bonds. The SMILES string of the molecule is CNC(Cc1cnccc1N)C1CSCCN1C. The van der Waals surface area contributed by atoms with Gasteiger partial charge in [0.05, 0.1) is 0 Å². The van der Waals surface area contributed by atoms with Crippen LogP contribution in [-0.4, -0.2) is 54.1 Å². The molecule has 1 aromatic rings. The third-order valence-electron chi connectivity index (χ3n) is 3.66. The monoisotopic (exact) mass is 266 g/mol. The molecule has 0 spiro atoms. The molecule has 1 fully saturated rings. The van der Waals surface area contributed by atoms with Crippen LogP contribution in [0.1, 0.15) is 5.56 Å². The molecule has 1 aliphatic heterocycles. The second-order valence-corrected chi connectivity index (χ2v) is 5.95. The highest BCUT2D eigenvalue weighted by Gasteiger charge is 2.27. The fraction of sp³-hybridized carbons (Fsp3) is 0.615. The number of rotatable bonds is 4. The zero-order valence-corrected chi connectivity index (χ0v) is 11.9. The van der Waals surface area contributed by atoms with E-state index < -0.39 is 0 Å². The number of nitrogens with two attached hydrogens (primary N) is 1. The fourth-order valence-electron chi connectivity index (χ4n) is 2.40. The quantitative estimate of drug-likeness (QED) is 0.846. The average Bonchev–Trinajstić information content (AvgIpc) is 2.39. The molecule has 2 unspecified atom stereocenters. The third-order valence-corrected chi connectivity index (χ3v) is 4.71. The van der Waals surface area contributed by atoms with Gasteiger partial charge in [-0.05, 0) is 32.1 Å². The zero-order chi connectivity index (χ0) is 13.0. The van der Waals surface area contributed by atoms with E-state index in [1.165, 1.54) is 11.5 Å². The van der Waals surface area contributed by atoms with Gasteiger partial charge in [0, 0.05) is 48.2 Å². The number of aromatic nitrogens is 1. The minimum Gasteiger partial charge on any atom is -0.398 e. The maximum Gasteiger partial charge on any atom is 0.0378 e. The summed E-state index contributed by atoms with van der Waals surface area (Å²) in [6, 6.07) is 2.86. The summed E-state index contributed by atoms with van der Waals surface area (Å²) in [4.78, 5) is 6.62. The van der Waals surface area contributed by atoms with Crippen LogP contribution in [0.3, 0.4) is 0 Å². The van der Waals surface area contributed by atoms with Crippen LogP contribution in [0.25, 0.3) is 0 Å². The van der Waals surface area contributed by atoms with Crippen LogP contribution in [0.5, 0.6) is 0 Å². The van der Waals surface area contributed by atoms with Crippen molar-refractivity contribution in [3.05, 3.63) is 24.0 Å². The van der Waals surface area contributed by atoms with Crippen LogP contribution in [-0.2, 0) is 6.42 Å². The van der Waals surface area contributed by atoms with Gasteiger partial charge in [0.1, 0.15) is 0 Å². The Morgan fingerprint density at radius 1 is 1.67 bits per heavy atom. The molecule has 1 aliphatic rings. The molecule has 2 rings (SSSR count). The van der Waals surface area contributed by atoms with Gasteiger partial charge in [-0.2, -0.15) is 11.8 Å². The Labute approximate surface area is 113 Å². The first kappa shape index (κ1) is 13.6. The molecule has 2 atom stereocenters. The van der Waals surface area contributed by atoms with Gasteiger partial charge in [-0.15, -0.1) is 0 Å². The summed E-state index contributed by atoms with van der Waals surface area (Å²) in [5.41, 5.74) is 7.98. The molecule has 0 aliphatic carbocycles. The predicted octanol–water partition coefficient (Wildman–Crippen LogP) is 0.841. The fourth-order valence-corrected chi connectivity index (χ4v) is 3.72. The van der Waals surface area contributed by atoms with Crippen molar-refractivity contribution in [3.8, 4) is 0 Å². The second kappa shape index (κ2) is 6.41. The number of hydrogen-bond donors (Lipinski definition) is 2. The second-order valence-electron chi connectivity index (χ2n) is 4.80. The Kier molecular flexibility index (Phi) is 4.86. The molecule has 2 heterocycles. The topological polar surface area (TPSA) is 54.2 Å². The van der Waals surface area contributed by atoms with Gasteiger partial charge in [0.25, 0.3) is 0 Å². The molecule has 100 valence electrons. The standard InChI is InChI=1S/C13H22N4S/c1-15-12(13-9-18-6-5-17(13)2)7-10-8-16-4-3-11(10)14/h3-4,8,12-13,15H,5-7,9H2,1-2H3,(H2,14,16). The van der Waals surface area contributed by atoms with E-state index in [0.29, 0.717) is 12.1 Å². The summed E-state index contributed by atoms with van der Waals surface area (Å²) >= 11 is 2.04. The highest BCUT2D eigenvalue weighted by Crippen LogP contribution is 2.21. The number of nitrogen functional groups attached to an aromatic ring is 1. The van der Waals surface area contributed by atoms with Crippen LogP contribution in [0.4, 0.5) is 5.69 Å². The highest BCUT2D eigenvalue weighted by molar-refractivity contribution is 7.99.